The molecule has 0 bridgehead atoms. The molecule has 0 unspecified atom stereocenters. The molecule has 0 amide bonds. The molecule has 0 aliphatic heterocycles. The second-order valence-corrected chi connectivity index (χ2v) is 2.82. The summed E-state index contributed by atoms with van der Waals surface area (Å²) in [7, 11) is 0. The van der Waals surface area contributed by atoms with Crippen LogP contribution < -0.4 is 0 Å². The topological polar surface area (TPSA) is 0 Å². The zero-order chi connectivity index (χ0) is 7.82. The van der Waals surface area contributed by atoms with E-state index >= 15 is 0 Å². The highest BCUT2D eigenvalue weighted by molar-refractivity contribution is 4.86. The Kier molecular flexibility index (Phi) is 6.38. The molecule has 0 spiro atoms. The minimum Gasteiger partial charge on any atom is -0.120 e. The van der Waals surface area contributed by atoms with Gasteiger partial charge < -0.3 is 0 Å². The third kappa shape index (κ3) is 4.44. The van der Waals surface area contributed by atoms with Gasteiger partial charge in [-0.25, -0.2) is 0 Å². The van der Waals surface area contributed by atoms with Crippen LogP contribution in [0.5, 0.6) is 0 Å². The summed E-state index contributed by atoms with van der Waals surface area (Å²) in [5.41, 5.74) is 0. The van der Waals surface area contributed by atoms with E-state index in [2.05, 4.69) is 19.8 Å². The summed E-state index contributed by atoms with van der Waals surface area (Å²) in [6.45, 7) is 4.44. The molecule has 0 fully saturated rings. The van der Waals surface area contributed by atoms with Gasteiger partial charge in [0, 0.05) is 6.42 Å². The normalized spacial score (nSPS) is 12.5. The summed E-state index contributed by atoms with van der Waals surface area (Å²) in [4.78, 5) is 0. The average molecular weight is 138 g/mol. The van der Waals surface area contributed by atoms with Crippen LogP contribution in [0.2, 0.25) is 0 Å². The monoisotopic (exact) mass is 138 g/mol. The van der Waals surface area contributed by atoms with E-state index in [1.165, 1.54) is 25.7 Å². The molecule has 0 aromatic heterocycles. The second-order valence-electron chi connectivity index (χ2n) is 2.82. The lowest BCUT2D eigenvalue weighted by atomic mass is 9.96. The molecule has 0 rings (SSSR count). The first-order chi connectivity index (χ1) is 4.85. The molecule has 0 saturated heterocycles. The van der Waals surface area contributed by atoms with Crippen molar-refractivity contribution in [1.82, 2.24) is 0 Å². The Morgan fingerprint density at radius 1 is 1.40 bits per heavy atom. The minimum atomic E-state index is 0.782. The highest BCUT2D eigenvalue weighted by Crippen LogP contribution is 2.15. The van der Waals surface area contributed by atoms with Gasteiger partial charge in [-0.1, -0.05) is 33.1 Å². The number of terminal acetylenes is 1. The van der Waals surface area contributed by atoms with Crippen LogP contribution in [0, 0.1) is 18.3 Å². The zero-order valence-electron chi connectivity index (χ0n) is 7.19. The molecular weight excluding hydrogens is 120 g/mol. The minimum absolute atomic E-state index is 0.782. The molecule has 0 radical (unpaired) electrons. The van der Waals surface area contributed by atoms with Crippen molar-refractivity contribution >= 4 is 0 Å². The van der Waals surface area contributed by atoms with Gasteiger partial charge in [0.25, 0.3) is 0 Å². The van der Waals surface area contributed by atoms with E-state index in [0.29, 0.717) is 0 Å². The molecule has 10 heavy (non-hydrogen) atoms. The highest BCUT2D eigenvalue weighted by Gasteiger charge is 2.01. The van der Waals surface area contributed by atoms with Crippen molar-refractivity contribution in [2.45, 2.75) is 46.0 Å². The standard InChI is InChI=1S/C10H18/c1-4-7-9-10(6-3)8-5-2/h2,10H,4,6-9H2,1,3H3/t10-/m0/s1. The van der Waals surface area contributed by atoms with Crippen molar-refractivity contribution in [3.63, 3.8) is 0 Å². The van der Waals surface area contributed by atoms with Crippen LogP contribution in [0.15, 0.2) is 0 Å². The third-order valence-corrected chi connectivity index (χ3v) is 1.95. The number of hydrogen-bond acceptors (Lipinski definition) is 0. The summed E-state index contributed by atoms with van der Waals surface area (Å²) in [6.07, 6.45) is 11.4. The first kappa shape index (κ1) is 9.56. The largest absolute Gasteiger partial charge is 0.120 e. The highest BCUT2D eigenvalue weighted by atomic mass is 14.1. The number of hydrogen-bond donors (Lipinski definition) is 0. The second kappa shape index (κ2) is 6.68. The van der Waals surface area contributed by atoms with Crippen molar-refractivity contribution in [3.05, 3.63) is 0 Å². The molecule has 0 N–H and O–H groups in total. The van der Waals surface area contributed by atoms with E-state index in [4.69, 9.17) is 6.42 Å². The van der Waals surface area contributed by atoms with Gasteiger partial charge in [-0.15, -0.1) is 12.3 Å². The van der Waals surface area contributed by atoms with E-state index < -0.39 is 0 Å². The van der Waals surface area contributed by atoms with Crippen LogP contribution in [-0.4, -0.2) is 0 Å². The number of rotatable bonds is 5. The van der Waals surface area contributed by atoms with Gasteiger partial charge in [0.05, 0.1) is 0 Å². The smallest absolute Gasteiger partial charge is 0.0114 e. The fraction of sp³-hybridized carbons (Fsp3) is 0.800. The van der Waals surface area contributed by atoms with Gasteiger partial charge in [-0.3, -0.25) is 0 Å². The molecule has 0 saturated carbocycles. The maximum Gasteiger partial charge on any atom is 0.0114 e. The van der Waals surface area contributed by atoms with Crippen LogP contribution in [0.4, 0.5) is 0 Å². The molecular formula is C10H18. The summed E-state index contributed by atoms with van der Waals surface area (Å²) in [5, 5.41) is 0. The average Bonchev–Trinajstić information content (AvgIpc) is 1.98. The third-order valence-electron chi connectivity index (χ3n) is 1.95. The molecule has 0 nitrogen and oxygen atoms in total. The Morgan fingerprint density at radius 2 is 2.10 bits per heavy atom. The van der Waals surface area contributed by atoms with E-state index in [9.17, 15) is 0 Å². The van der Waals surface area contributed by atoms with E-state index in [0.717, 1.165) is 12.3 Å². The Morgan fingerprint density at radius 3 is 2.50 bits per heavy atom. The molecule has 0 aliphatic rings. The molecule has 58 valence electrons. The summed E-state index contributed by atoms with van der Waals surface area (Å²) < 4.78 is 0. The zero-order valence-corrected chi connectivity index (χ0v) is 7.19. The maximum absolute atomic E-state index is 5.23. The van der Waals surface area contributed by atoms with Gasteiger partial charge in [0.1, 0.15) is 0 Å². The van der Waals surface area contributed by atoms with E-state index in [1.807, 2.05) is 0 Å². The van der Waals surface area contributed by atoms with Crippen LogP contribution in [0.25, 0.3) is 0 Å². The van der Waals surface area contributed by atoms with Crippen LogP contribution in [0.1, 0.15) is 46.0 Å². The lowest BCUT2D eigenvalue weighted by Gasteiger charge is -2.09. The van der Waals surface area contributed by atoms with Crippen LogP contribution >= 0.6 is 0 Å². The SMILES string of the molecule is C#CC[C@H](CC)CCCC. The van der Waals surface area contributed by atoms with Crippen LogP contribution in [0.3, 0.4) is 0 Å². The van der Waals surface area contributed by atoms with Gasteiger partial charge in [0.15, 0.2) is 0 Å². The Labute approximate surface area is 65.0 Å². The molecule has 0 aliphatic carbocycles. The summed E-state index contributed by atoms with van der Waals surface area (Å²) in [6, 6.07) is 0. The van der Waals surface area contributed by atoms with E-state index in [1.54, 1.807) is 0 Å². The molecule has 0 aromatic carbocycles. The Balaban J connectivity index is 3.32. The van der Waals surface area contributed by atoms with Crippen molar-refractivity contribution in [2.75, 3.05) is 0 Å². The Hall–Kier alpha value is -0.440. The maximum atomic E-state index is 5.23. The summed E-state index contributed by atoms with van der Waals surface area (Å²) in [5.74, 6) is 3.51. The van der Waals surface area contributed by atoms with Crippen molar-refractivity contribution in [1.29, 1.82) is 0 Å². The fourth-order valence-electron chi connectivity index (χ4n) is 1.11. The van der Waals surface area contributed by atoms with Gasteiger partial charge in [-0.2, -0.15) is 0 Å². The molecule has 0 heterocycles. The van der Waals surface area contributed by atoms with Crippen molar-refractivity contribution in [3.8, 4) is 12.3 Å². The van der Waals surface area contributed by atoms with Crippen molar-refractivity contribution < 1.29 is 0 Å². The molecule has 1 atom stereocenters. The lowest BCUT2D eigenvalue weighted by molar-refractivity contribution is 0.462. The Bertz CT molecular complexity index is 97.1. The fourth-order valence-corrected chi connectivity index (χ4v) is 1.11. The van der Waals surface area contributed by atoms with Crippen LogP contribution in [-0.2, 0) is 0 Å². The van der Waals surface area contributed by atoms with Gasteiger partial charge in [-0.05, 0) is 12.3 Å². The van der Waals surface area contributed by atoms with Gasteiger partial charge in [0.2, 0.25) is 0 Å². The number of unbranched alkanes of at least 4 members (excludes halogenated alkanes) is 1. The predicted molar refractivity (Wildman–Crippen MR) is 46.8 cm³/mol. The first-order valence-corrected chi connectivity index (χ1v) is 4.28. The predicted octanol–water partition coefficient (Wildman–Crippen LogP) is 3.23. The van der Waals surface area contributed by atoms with Crippen molar-refractivity contribution in [2.24, 2.45) is 5.92 Å². The first-order valence-electron chi connectivity index (χ1n) is 4.28. The lowest BCUT2D eigenvalue weighted by Crippen LogP contribution is -1.96. The quantitative estimate of drug-likeness (QED) is 0.512. The van der Waals surface area contributed by atoms with Gasteiger partial charge >= 0.3 is 0 Å². The molecule has 0 heteroatoms. The molecule has 0 aromatic rings. The summed E-state index contributed by atoms with van der Waals surface area (Å²) >= 11 is 0. The van der Waals surface area contributed by atoms with E-state index in [-0.39, 0.29) is 0 Å².